The van der Waals surface area contributed by atoms with E-state index in [9.17, 15) is 18.0 Å². The molecule has 0 aliphatic heterocycles. The number of esters is 1. The van der Waals surface area contributed by atoms with Gasteiger partial charge in [0.05, 0.1) is 12.2 Å². The van der Waals surface area contributed by atoms with Gasteiger partial charge in [-0.2, -0.15) is 0 Å². The molecule has 0 saturated heterocycles. The molecule has 0 amide bonds. The predicted molar refractivity (Wildman–Crippen MR) is 70.0 cm³/mol. The molecule has 2 nitrogen and oxygen atoms in total. The summed E-state index contributed by atoms with van der Waals surface area (Å²) in [5, 5.41) is 0. The van der Waals surface area contributed by atoms with E-state index < -0.39 is 23.4 Å². The van der Waals surface area contributed by atoms with Gasteiger partial charge in [0.1, 0.15) is 0 Å². The fourth-order valence-corrected chi connectivity index (χ4v) is 1.80. The molecule has 0 unspecified atom stereocenters. The third kappa shape index (κ3) is 5.23. The lowest BCUT2D eigenvalue weighted by atomic mass is 10.1. The first-order valence-electron chi connectivity index (χ1n) is 6.88. The predicted octanol–water partition coefficient (Wildman–Crippen LogP) is 4.62. The molecule has 0 aliphatic rings. The Morgan fingerprint density at radius 1 is 1.00 bits per heavy atom. The lowest BCUT2D eigenvalue weighted by molar-refractivity contribution is 0.0496. The second kappa shape index (κ2) is 8.61. The molecule has 0 atom stereocenters. The minimum Gasteiger partial charge on any atom is -0.462 e. The first kappa shape index (κ1) is 16.5. The number of hydrogen-bond donors (Lipinski definition) is 0. The van der Waals surface area contributed by atoms with Crippen LogP contribution < -0.4 is 0 Å². The maximum atomic E-state index is 12.9. The summed E-state index contributed by atoms with van der Waals surface area (Å²) in [6, 6.07) is 1.28. The summed E-state index contributed by atoms with van der Waals surface area (Å²) in [4.78, 5) is 11.5. The molecule has 0 saturated carbocycles. The van der Waals surface area contributed by atoms with Crippen LogP contribution in [0, 0.1) is 17.5 Å². The molecule has 0 heterocycles. The Balaban J connectivity index is 2.33. The average molecular weight is 288 g/mol. The zero-order chi connectivity index (χ0) is 15.0. The van der Waals surface area contributed by atoms with Crippen molar-refractivity contribution in [3.05, 3.63) is 35.1 Å². The zero-order valence-electron chi connectivity index (χ0n) is 11.6. The Morgan fingerprint density at radius 3 is 2.15 bits per heavy atom. The fourth-order valence-electron chi connectivity index (χ4n) is 1.80. The minimum absolute atomic E-state index is 0.200. The number of carbonyl (C=O) groups excluding carboxylic acids is 1. The van der Waals surface area contributed by atoms with Crippen molar-refractivity contribution in [1.29, 1.82) is 0 Å². The van der Waals surface area contributed by atoms with Crippen molar-refractivity contribution in [3.63, 3.8) is 0 Å². The van der Waals surface area contributed by atoms with Gasteiger partial charge in [0.2, 0.25) is 0 Å². The number of rotatable bonds is 8. The summed E-state index contributed by atoms with van der Waals surface area (Å²) < 4.78 is 43.5. The van der Waals surface area contributed by atoms with Crippen LogP contribution in [-0.2, 0) is 4.74 Å². The summed E-state index contributed by atoms with van der Waals surface area (Å²) in [7, 11) is 0. The molecule has 1 aromatic carbocycles. The largest absolute Gasteiger partial charge is 0.462 e. The number of carbonyl (C=O) groups is 1. The van der Waals surface area contributed by atoms with Gasteiger partial charge in [-0.3, -0.25) is 0 Å². The van der Waals surface area contributed by atoms with Crippen molar-refractivity contribution in [2.45, 2.75) is 45.4 Å². The van der Waals surface area contributed by atoms with Gasteiger partial charge in [0, 0.05) is 0 Å². The highest BCUT2D eigenvalue weighted by Gasteiger charge is 2.15. The molecule has 20 heavy (non-hydrogen) atoms. The van der Waals surface area contributed by atoms with Gasteiger partial charge >= 0.3 is 5.97 Å². The monoisotopic (exact) mass is 288 g/mol. The van der Waals surface area contributed by atoms with Crippen LogP contribution in [-0.4, -0.2) is 12.6 Å². The highest BCUT2D eigenvalue weighted by atomic mass is 19.2. The third-order valence-corrected chi connectivity index (χ3v) is 2.95. The van der Waals surface area contributed by atoms with Crippen molar-refractivity contribution >= 4 is 5.97 Å². The highest BCUT2D eigenvalue weighted by Crippen LogP contribution is 2.14. The summed E-state index contributed by atoms with van der Waals surface area (Å²) in [6.07, 6.45) is 6.23. The van der Waals surface area contributed by atoms with Gasteiger partial charge < -0.3 is 4.74 Å². The topological polar surface area (TPSA) is 26.3 Å². The van der Waals surface area contributed by atoms with E-state index in [-0.39, 0.29) is 12.2 Å². The van der Waals surface area contributed by atoms with Crippen molar-refractivity contribution in [1.82, 2.24) is 0 Å². The first-order chi connectivity index (χ1) is 9.56. The molecule has 5 heteroatoms. The molecule has 0 aliphatic carbocycles. The van der Waals surface area contributed by atoms with E-state index in [1.807, 2.05) is 0 Å². The minimum atomic E-state index is -1.59. The molecule has 0 radical (unpaired) electrons. The van der Waals surface area contributed by atoms with E-state index >= 15 is 0 Å². The Kier molecular flexibility index (Phi) is 7.12. The molecule has 0 spiro atoms. The maximum Gasteiger partial charge on any atom is 0.338 e. The molecular weight excluding hydrogens is 269 g/mol. The Morgan fingerprint density at radius 2 is 1.55 bits per heavy atom. The van der Waals surface area contributed by atoms with Gasteiger partial charge in [-0.15, -0.1) is 0 Å². The molecule has 1 aromatic rings. The lowest BCUT2D eigenvalue weighted by Gasteiger charge is -2.05. The molecule has 0 aromatic heterocycles. The van der Waals surface area contributed by atoms with Gasteiger partial charge in [-0.25, -0.2) is 18.0 Å². The van der Waals surface area contributed by atoms with Gasteiger partial charge in [0.15, 0.2) is 17.5 Å². The summed E-state index contributed by atoms with van der Waals surface area (Å²) in [5.41, 5.74) is -0.313. The first-order valence-corrected chi connectivity index (χ1v) is 6.88. The molecule has 0 fully saturated rings. The van der Waals surface area contributed by atoms with Gasteiger partial charge in [-0.05, 0) is 18.6 Å². The van der Waals surface area contributed by atoms with Crippen molar-refractivity contribution in [2.24, 2.45) is 0 Å². The summed E-state index contributed by atoms with van der Waals surface area (Å²) >= 11 is 0. The third-order valence-electron chi connectivity index (χ3n) is 2.95. The number of unbranched alkanes of at least 4 members (excludes halogenated alkanes) is 5. The molecular formula is C15H19F3O2. The van der Waals surface area contributed by atoms with E-state index in [4.69, 9.17) is 4.74 Å². The molecule has 112 valence electrons. The normalized spacial score (nSPS) is 10.6. The summed E-state index contributed by atoms with van der Waals surface area (Å²) in [5.74, 6) is -5.21. The van der Waals surface area contributed by atoms with E-state index in [1.54, 1.807) is 0 Å². The molecule has 0 N–H and O–H groups in total. The van der Waals surface area contributed by atoms with Crippen molar-refractivity contribution < 1.29 is 22.7 Å². The van der Waals surface area contributed by atoms with E-state index in [1.165, 1.54) is 6.42 Å². The van der Waals surface area contributed by atoms with Crippen LogP contribution in [0.15, 0.2) is 12.1 Å². The average Bonchev–Trinajstić information content (AvgIpc) is 2.43. The van der Waals surface area contributed by atoms with E-state index in [0.29, 0.717) is 18.6 Å². The second-order valence-electron chi connectivity index (χ2n) is 4.66. The molecule has 1 rings (SSSR count). The Hall–Kier alpha value is -1.52. The SMILES string of the molecule is CCCCCCCCOC(=O)c1cc(F)c(F)c(F)c1. The number of hydrogen-bond acceptors (Lipinski definition) is 2. The quantitative estimate of drug-likeness (QED) is 0.396. The lowest BCUT2D eigenvalue weighted by Crippen LogP contribution is -2.08. The van der Waals surface area contributed by atoms with E-state index in [2.05, 4.69) is 6.92 Å². The Bertz CT molecular complexity index is 424. The van der Waals surface area contributed by atoms with Gasteiger partial charge in [0.25, 0.3) is 0 Å². The van der Waals surface area contributed by atoms with Gasteiger partial charge in [-0.1, -0.05) is 39.0 Å². The van der Waals surface area contributed by atoms with Crippen molar-refractivity contribution in [3.8, 4) is 0 Å². The standard InChI is InChI=1S/C15H19F3O2/c1-2-3-4-5-6-7-8-20-15(19)11-9-12(16)14(18)13(17)10-11/h9-10H,2-8H2,1H3. The van der Waals surface area contributed by atoms with Crippen LogP contribution in [0.3, 0.4) is 0 Å². The van der Waals surface area contributed by atoms with Crippen LogP contribution >= 0.6 is 0 Å². The Labute approximate surface area is 116 Å². The highest BCUT2D eigenvalue weighted by molar-refractivity contribution is 5.89. The number of ether oxygens (including phenoxy) is 1. The van der Waals surface area contributed by atoms with Crippen LogP contribution in [0.1, 0.15) is 55.8 Å². The fraction of sp³-hybridized carbons (Fsp3) is 0.533. The van der Waals surface area contributed by atoms with Crippen LogP contribution in [0.2, 0.25) is 0 Å². The maximum absolute atomic E-state index is 12.9. The van der Waals surface area contributed by atoms with Crippen LogP contribution in [0.4, 0.5) is 13.2 Å². The number of halogens is 3. The molecule has 0 bridgehead atoms. The van der Waals surface area contributed by atoms with Crippen LogP contribution in [0.5, 0.6) is 0 Å². The summed E-state index contributed by atoms with van der Waals surface area (Å²) in [6.45, 7) is 2.33. The number of benzene rings is 1. The van der Waals surface area contributed by atoms with Crippen LogP contribution in [0.25, 0.3) is 0 Å². The van der Waals surface area contributed by atoms with E-state index in [0.717, 1.165) is 25.7 Å². The smallest absolute Gasteiger partial charge is 0.338 e. The second-order valence-corrected chi connectivity index (χ2v) is 4.66. The van der Waals surface area contributed by atoms with Crippen molar-refractivity contribution in [2.75, 3.05) is 6.61 Å². The zero-order valence-corrected chi connectivity index (χ0v) is 11.6.